The van der Waals surface area contributed by atoms with Crippen LogP contribution in [0.25, 0.3) is 0 Å². The summed E-state index contributed by atoms with van der Waals surface area (Å²) in [6, 6.07) is 17.7. The molecule has 0 aliphatic rings. The monoisotopic (exact) mass is 411 g/mol. The smallest absolute Gasteiger partial charge is 0.407 e. The van der Waals surface area contributed by atoms with Crippen molar-refractivity contribution in [1.29, 1.82) is 0 Å². The van der Waals surface area contributed by atoms with E-state index in [2.05, 4.69) is 22.6 Å². The highest BCUT2D eigenvalue weighted by molar-refractivity contribution is 14.1. The van der Waals surface area contributed by atoms with E-state index in [9.17, 15) is 4.79 Å². The van der Waals surface area contributed by atoms with Crippen molar-refractivity contribution >= 4 is 28.7 Å². The molecule has 0 spiro atoms. The minimum absolute atomic E-state index is 0.179. The first-order valence-electron chi connectivity index (χ1n) is 6.97. The molecule has 0 heterocycles. The predicted molar refractivity (Wildman–Crippen MR) is 94.2 cm³/mol. The second-order valence-corrected chi connectivity index (χ2v) is 6.21. The average molecular weight is 411 g/mol. The molecule has 5 heteroatoms. The van der Waals surface area contributed by atoms with E-state index >= 15 is 0 Å². The second kappa shape index (κ2) is 8.03. The Kier molecular flexibility index (Phi) is 6.06. The molecule has 1 N–H and O–H groups in total. The van der Waals surface area contributed by atoms with Crippen LogP contribution in [0.1, 0.15) is 18.1 Å². The Morgan fingerprint density at radius 2 is 1.95 bits per heavy atom. The number of carboxylic acid groups (broad SMARTS) is 1. The molecule has 1 amide bonds. The zero-order valence-corrected chi connectivity index (χ0v) is 14.4. The number of hydrogen-bond donors (Lipinski definition) is 1. The van der Waals surface area contributed by atoms with Gasteiger partial charge in [0.25, 0.3) is 0 Å². The fourth-order valence-corrected chi connectivity index (χ4v) is 2.59. The molecular formula is C17H18INO3. The Bertz CT molecular complexity index is 618. The van der Waals surface area contributed by atoms with Gasteiger partial charge in [0.15, 0.2) is 0 Å². The molecule has 22 heavy (non-hydrogen) atoms. The molecule has 1 atom stereocenters. The molecule has 2 aromatic carbocycles. The number of carbonyl (C=O) groups is 1. The van der Waals surface area contributed by atoms with Gasteiger partial charge in [0.1, 0.15) is 11.9 Å². The van der Waals surface area contributed by atoms with Crippen LogP contribution in [0.2, 0.25) is 0 Å². The predicted octanol–water partition coefficient (Wildman–Crippen LogP) is 4.41. The van der Waals surface area contributed by atoms with Crippen LogP contribution in [0.15, 0.2) is 54.6 Å². The Morgan fingerprint density at radius 1 is 1.23 bits per heavy atom. The highest BCUT2D eigenvalue weighted by Gasteiger charge is 2.16. The molecule has 0 aliphatic carbocycles. The minimum Gasteiger partial charge on any atom is -0.486 e. The van der Waals surface area contributed by atoms with Gasteiger partial charge in [-0.15, -0.1) is 0 Å². The number of hydrogen-bond acceptors (Lipinski definition) is 2. The van der Waals surface area contributed by atoms with Crippen molar-refractivity contribution in [3.8, 4) is 5.75 Å². The quantitative estimate of drug-likeness (QED) is 0.717. The van der Waals surface area contributed by atoms with E-state index in [0.717, 1.165) is 14.9 Å². The lowest BCUT2D eigenvalue weighted by molar-refractivity contribution is 0.140. The Morgan fingerprint density at radius 3 is 2.59 bits per heavy atom. The summed E-state index contributed by atoms with van der Waals surface area (Å²) in [6.07, 6.45) is -0.513. The third-order valence-electron chi connectivity index (χ3n) is 3.30. The molecule has 0 radical (unpaired) electrons. The highest BCUT2D eigenvalue weighted by atomic mass is 127. The third kappa shape index (κ3) is 4.91. The van der Waals surface area contributed by atoms with E-state index in [4.69, 9.17) is 9.84 Å². The SMILES string of the molecule is CN(CCC(Oc1cccc(I)c1)c1ccccc1)C(=O)O. The molecule has 0 saturated carbocycles. The van der Waals surface area contributed by atoms with E-state index in [-0.39, 0.29) is 6.10 Å². The van der Waals surface area contributed by atoms with Crippen molar-refractivity contribution in [3.63, 3.8) is 0 Å². The van der Waals surface area contributed by atoms with Crippen LogP contribution in [0, 0.1) is 3.57 Å². The van der Waals surface area contributed by atoms with Gasteiger partial charge >= 0.3 is 6.09 Å². The van der Waals surface area contributed by atoms with Gasteiger partial charge in [-0.2, -0.15) is 0 Å². The fourth-order valence-electron chi connectivity index (χ4n) is 2.07. The lowest BCUT2D eigenvalue weighted by atomic mass is 10.1. The van der Waals surface area contributed by atoms with Crippen LogP contribution in [-0.2, 0) is 0 Å². The first-order valence-corrected chi connectivity index (χ1v) is 8.05. The van der Waals surface area contributed by atoms with Gasteiger partial charge in [0.05, 0.1) is 0 Å². The van der Waals surface area contributed by atoms with Gasteiger partial charge in [-0.05, 0) is 46.4 Å². The van der Waals surface area contributed by atoms with Crippen molar-refractivity contribution in [2.24, 2.45) is 0 Å². The molecule has 4 nitrogen and oxygen atoms in total. The summed E-state index contributed by atoms with van der Waals surface area (Å²) < 4.78 is 7.19. The van der Waals surface area contributed by atoms with Gasteiger partial charge in [-0.3, -0.25) is 0 Å². The highest BCUT2D eigenvalue weighted by Crippen LogP contribution is 2.26. The fraction of sp³-hybridized carbons (Fsp3) is 0.235. The summed E-state index contributed by atoms with van der Waals surface area (Å²) in [5.74, 6) is 0.790. The molecular weight excluding hydrogens is 393 g/mol. The van der Waals surface area contributed by atoms with Crippen LogP contribution in [0.3, 0.4) is 0 Å². The van der Waals surface area contributed by atoms with Crippen molar-refractivity contribution in [2.75, 3.05) is 13.6 Å². The molecule has 0 bridgehead atoms. The maximum Gasteiger partial charge on any atom is 0.407 e. The van der Waals surface area contributed by atoms with Gasteiger partial charge in [-0.1, -0.05) is 36.4 Å². The van der Waals surface area contributed by atoms with Crippen molar-refractivity contribution in [3.05, 3.63) is 63.7 Å². The summed E-state index contributed by atoms with van der Waals surface area (Å²) in [5.41, 5.74) is 1.04. The molecule has 0 saturated heterocycles. The van der Waals surface area contributed by atoms with E-state index in [1.807, 2.05) is 54.6 Å². The standard InChI is InChI=1S/C17H18INO3/c1-19(17(20)21)11-10-16(13-6-3-2-4-7-13)22-15-9-5-8-14(18)12-15/h2-9,12,16H,10-11H2,1H3,(H,20,21). The number of benzene rings is 2. The number of nitrogens with zero attached hydrogens (tertiary/aromatic N) is 1. The average Bonchev–Trinajstić information content (AvgIpc) is 2.52. The van der Waals surface area contributed by atoms with E-state index in [0.29, 0.717) is 13.0 Å². The summed E-state index contributed by atoms with van der Waals surface area (Å²) in [6.45, 7) is 0.415. The van der Waals surface area contributed by atoms with Crippen molar-refractivity contribution in [1.82, 2.24) is 4.90 Å². The van der Waals surface area contributed by atoms with Crippen LogP contribution in [0.5, 0.6) is 5.75 Å². The minimum atomic E-state index is -0.930. The second-order valence-electron chi connectivity index (χ2n) is 4.97. The Balaban J connectivity index is 2.13. The lowest BCUT2D eigenvalue weighted by Crippen LogP contribution is -2.27. The molecule has 0 aliphatic heterocycles. The Hall–Kier alpha value is -1.76. The molecule has 2 aromatic rings. The lowest BCUT2D eigenvalue weighted by Gasteiger charge is -2.22. The van der Waals surface area contributed by atoms with Gasteiger partial charge in [0, 0.05) is 23.6 Å². The van der Waals surface area contributed by atoms with Crippen molar-refractivity contribution in [2.45, 2.75) is 12.5 Å². The summed E-state index contributed by atoms with van der Waals surface area (Å²) >= 11 is 2.24. The molecule has 1 unspecified atom stereocenters. The van der Waals surface area contributed by atoms with Crippen LogP contribution < -0.4 is 4.74 Å². The Labute approximate surface area is 143 Å². The van der Waals surface area contributed by atoms with Gasteiger partial charge < -0.3 is 14.7 Å². The van der Waals surface area contributed by atoms with E-state index in [1.54, 1.807) is 7.05 Å². The summed E-state index contributed by atoms with van der Waals surface area (Å²) in [4.78, 5) is 12.2. The maximum absolute atomic E-state index is 10.9. The van der Waals surface area contributed by atoms with Crippen molar-refractivity contribution < 1.29 is 14.6 Å². The molecule has 0 fully saturated rings. The molecule has 2 rings (SSSR count). The summed E-state index contributed by atoms with van der Waals surface area (Å²) in [5, 5.41) is 8.98. The zero-order valence-electron chi connectivity index (χ0n) is 12.3. The summed E-state index contributed by atoms with van der Waals surface area (Å²) in [7, 11) is 1.57. The molecule has 116 valence electrons. The number of ether oxygens (including phenoxy) is 1. The first-order chi connectivity index (χ1) is 10.6. The maximum atomic E-state index is 10.9. The van der Waals surface area contributed by atoms with E-state index in [1.165, 1.54) is 4.90 Å². The van der Waals surface area contributed by atoms with Crippen LogP contribution >= 0.6 is 22.6 Å². The van der Waals surface area contributed by atoms with Gasteiger partial charge in [0.2, 0.25) is 0 Å². The largest absolute Gasteiger partial charge is 0.486 e. The number of rotatable bonds is 6. The van der Waals surface area contributed by atoms with Crippen LogP contribution in [-0.4, -0.2) is 29.7 Å². The number of amides is 1. The zero-order chi connectivity index (χ0) is 15.9. The van der Waals surface area contributed by atoms with Crippen LogP contribution in [0.4, 0.5) is 4.79 Å². The normalized spacial score (nSPS) is 11.7. The first kappa shape index (κ1) is 16.6. The number of halogens is 1. The molecule has 0 aromatic heterocycles. The third-order valence-corrected chi connectivity index (χ3v) is 3.97. The van der Waals surface area contributed by atoms with E-state index < -0.39 is 6.09 Å². The topological polar surface area (TPSA) is 49.8 Å². The van der Waals surface area contributed by atoms with Gasteiger partial charge in [-0.25, -0.2) is 4.79 Å².